The smallest absolute Gasteiger partial charge is 0.250 e. The molecule has 0 unspecified atom stereocenters. The number of hydrogen-bond donors (Lipinski definition) is 0. The van der Waals surface area contributed by atoms with Crippen LogP contribution in [-0.2, 0) is 27.6 Å². The fraction of sp³-hybridized carbons (Fsp3) is 0.349. The highest BCUT2D eigenvalue weighted by molar-refractivity contribution is 5.83. The lowest BCUT2D eigenvalue weighted by Gasteiger charge is -2.11. The lowest BCUT2D eigenvalue weighted by atomic mass is 9.96. The van der Waals surface area contributed by atoms with Crippen molar-refractivity contribution in [3.63, 3.8) is 0 Å². The van der Waals surface area contributed by atoms with E-state index in [0.29, 0.717) is 17.8 Å². The number of aryl methyl sites for hydroxylation is 9. The highest BCUT2D eigenvalue weighted by atomic mass is 15.0. The molecule has 0 bridgehead atoms. The van der Waals surface area contributed by atoms with Crippen LogP contribution in [0.15, 0.2) is 104 Å². The number of nitrogens with zero attached hydrogens (tertiary/aromatic N) is 7. The number of benzene rings is 3. The topological polar surface area (TPSA) is 63.2 Å². The third-order valence-corrected chi connectivity index (χ3v) is 14.0. The van der Waals surface area contributed by atoms with E-state index in [4.69, 9.17) is 4.98 Å². The second-order valence-corrected chi connectivity index (χ2v) is 21.1. The van der Waals surface area contributed by atoms with Gasteiger partial charge in [0.15, 0.2) is 12.4 Å². The molecule has 9 aromatic rings. The molecule has 0 aliphatic carbocycles. The van der Waals surface area contributed by atoms with E-state index in [9.17, 15) is 0 Å². The summed E-state index contributed by atoms with van der Waals surface area (Å²) in [4.78, 5) is 18.7. The molecule has 3 aromatic carbocycles. The van der Waals surface area contributed by atoms with E-state index < -0.39 is 0 Å². The van der Waals surface area contributed by atoms with E-state index in [1.165, 1.54) is 106 Å². The summed E-state index contributed by atoms with van der Waals surface area (Å²) in [5.41, 5.74) is 24.9. The molecule has 0 aliphatic heterocycles. The van der Waals surface area contributed by atoms with Crippen LogP contribution in [0.5, 0.6) is 0 Å². The quantitative estimate of drug-likeness (QED) is 0.149. The summed E-state index contributed by atoms with van der Waals surface area (Å²) >= 11 is 0. The van der Waals surface area contributed by atoms with Gasteiger partial charge in [0.25, 0.3) is 5.65 Å². The molecule has 7 nitrogen and oxygen atoms in total. The average Bonchev–Trinajstić information content (AvgIpc) is 3.29. The lowest BCUT2D eigenvalue weighted by molar-refractivity contribution is -0.661. The van der Waals surface area contributed by atoms with Gasteiger partial charge in [-0.3, -0.25) is 0 Å². The molecule has 9 rings (SSSR count). The van der Waals surface area contributed by atoms with Crippen LogP contribution in [0, 0.1) is 68.2 Å². The van der Waals surface area contributed by atoms with Crippen LogP contribution in [0.2, 0.25) is 0 Å². The second kappa shape index (κ2) is 21.1. The molecule has 0 amide bonds. The maximum atomic E-state index is 4.88. The fourth-order valence-corrected chi connectivity index (χ4v) is 9.70. The molecule has 0 atom stereocenters. The third kappa shape index (κ3) is 11.2. The summed E-state index contributed by atoms with van der Waals surface area (Å²) < 4.78 is 6.50. The SMILES string of the molecule is Cc1cc(C)c(C)c(-c2cc3cc(C(C)C)cnc3c[n+]2C)c1.Cc1cc(C)c(C)c(-c2cc3cc(CC(C)C)cnc3c[n+]2C)c1.Cc1cc(C)c(C)c(-c2nc3nccc(C(C)C)c3c[n+]2C)c1. The van der Waals surface area contributed by atoms with Gasteiger partial charge in [-0.15, -0.1) is 0 Å². The molecule has 6 aromatic heterocycles. The molecular weight excluding hydrogens is 855 g/mol. The predicted octanol–water partition coefficient (Wildman–Crippen LogP) is 13.8. The largest absolute Gasteiger partial charge is 0.333 e. The summed E-state index contributed by atoms with van der Waals surface area (Å²) in [6.45, 7) is 32.9. The van der Waals surface area contributed by atoms with E-state index in [1.807, 2.05) is 18.6 Å². The molecule has 0 aliphatic rings. The van der Waals surface area contributed by atoms with Crippen molar-refractivity contribution in [1.82, 2.24) is 19.9 Å². The van der Waals surface area contributed by atoms with E-state index in [-0.39, 0.29) is 0 Å². The Morgan fingerprint density at radius 1 is 0.486 bits per heavy atom. The van der Waals surface area contributed by atoms with Crippen molar-refractivity contribution >= 4 is 32.8 Å². The first-order valence-corrected chi connectivity index (χ1v) is 25.1. The molecule has 0 spiro atoms. The van der Waals surface area contributed by atoms with Crippen LogP contribution in [0.1, 0.15) is 120 Å². The molecule has 7 heteroatoms. The Balaban J connectivity index is 0.000000155. The number of pyridine rings is 5. The second-order valence-electron chi connectivity index (χ2n) is 21.1. The molecule has 6 heterocycles. The van der Waals surface area contributed by atoms with Crippen LogP contribution in [0.4, 0.5) is 0 Å². The first-order valence-electron chi connectivity index (χ1n) is 25.1. The van der Waals surface area contributed by atoms with E-state index in [0.717, 1.165) is 34.3 Å². The van der Waals surface area contributed by atoms with Crippen molar-refractivity contribution in [2.45, 2.75) is 122 Å². The third-order valence-electron chi connectivity index (χ3n) is 14.0. The van der Waals surface area contributed by atoms with E-state index in [2.05, 4.69) is 239 Å². The van der Waals surface area contributed by atoms with Crippen LogP contribution in [0.3, 0.4) is 0 Å². The van der Waals surface area contributed by atoms with Gasteiger partial charge in [0.2, 0.25) is 11.4 Å². The predicted molar refractivity (Wildman–Crippen MR) is 292 cm³/mol. The first-order chi connectivity index (χ1) is 33.1. The minimum atomic E-state index is 0.455. The molecule has 0 saturated carbocycles. The summed E-state index contributed by atoms with van der Waals surface area (Å²) in [6.07, 6.45) is 13.4. The van der Waals surface area contributed by atoms with Crippen molar-refractivity contribution in [3.05, 3.63) is 171 Å². The van der Waals surface area contributed by atoms with Gasteiger partial charge in [0.05, 0.1) is 18.0 Å². The molecule has 0 saturated heterocycles. The van der Waals surface area contributed by atoms with Crippen molar-refractivity contribution in [3.8, 4) is 33.9 Å². The van der Waals surface area contributed by atoms with Gasteiger partial charge in [0.1, 0.15) is 31.3 Å². The van der Waals surface area contributed by atoms with Crippen LogP contribution in [0.25, 0.3) is 66.7 Å². The van der Waals surface area contributed by atoms with Gasteiger partial charge in [-0.1, -0.05) is 70.9 Å². The Hall–Kier alpha value is -6.73. The van der Waals surface area contributed by atoms with Gasteiger partial charge in [0, 0.05) is 52.6 Å². The van der Waals surface area contributed by atoms with Gasteiger partial charge < -0.3 is 0 Å². The number of aromatic nitrogens is 7. The first kappa shape index (κ1) is 51.1. The van der Waals surface area contributed by atoms with E-state index in [1.54, 1.807) is 0 Å². The Morgan fingerprint density at radius 3 is 1.47 bits per heavy atom. The highest BCUT2D eigenvalue weighted by Gasteiger charge is 2.22. The van der Waals surface area contributed by atoms with E-state index >= 15 is 0 Å². The van der Waals surface area contributed by atoms with Crippen LogP contribution < -0.4 is 13.7 Å². The fourth-order valence-electron chi connectivity index (χ4n) is 9.70. The Kier molecular flexibility index (Phi) is 15.4. The zero-order valence-corrected chi connectivity index (χ0v) is 45.4. The molecule has 0 N–H and O–H groups in total. The van der Waals surface area contributed by atoms with Crippen molar-refractivity contribution in [2.24, 2.45) is 27.1 Å². The Labute approximate surface area is 418 Å². The number of rotatable bonds is 7. The summed E-state index contributed by atoms with van der Waals surface area (Å²) in [5.74, 6) is 2.56. The monoisotopic (exact) mass is 931 g/mol. The molecule has 0 radical (unpaired) electrons. The molecule has 0 fully saturated rings. The van der Waals surface area contributed by atoms with Crippen LogP contribution in [-0.4, -0.2) is 19.9 Å². The number of fused-ring (bicyclic) bond motifs is 3. The Morgan fingerprint density at radius 2 is 0.971 bits per heavy atom. The van der Waals surface area contributed by atoms with Crippen LogP contribution >= 0.6 is 0 Å². The standard InChI is InChI=1S/C22H27N2.C21H25N2.C20H24N3/c1-14(2)7-18-10-19-11-22(24(6)13-21(19)23-12-18)20-9-15(3)8-16(4)17(20)5;1-13(2)18-9-17-10-21(23(6)12-20(17)22-11-18)19-8-14(3)7-15(4)16(19)5;1-12(2)16-7-8-21-19-18(16)11-23(6)20(22-19)17-10-13(3)9-14(4)15(17)5/h8-14H,7H2,1-6H3;7-13H,1-6H3;7-12H,1-6H3/q3*+1. The van der Waals surface area contributed by atoms with Crippen molar-refractivity contribution < 1.29 is 13.7 Å². The molecule has 70 heavy (non-hydrogen) atoms. The highest BCUT2D eigenvalue weighted by Crippen LogP contribution is 2.31. The summed E-state index contributed by atoms with van der Waals surface area (Å²) in [7, 11) is 6.27. The summed E-state index contributed by atoms with van der Waals surface area (Å²) in [5, 5.41) is 3.57. The maximum absolute atomic E-state index is 4.88. The zero-order valence-electron chi connectivity index (χ0n) is 45.4. The zero-order chi connectivity index (χ0) is 50.9. The van der Waals surface area contributed by atoms with Gasteiger partial charge >= 0.3 is 5.82 Å². The number of hydrogen-bond acceptors (Lipinski definition) is 4. The van der Waals surface area contributed by atoms with Crippen molar-refractivity contribution in [2.75, 3.05) is 0 Å². The van der Waals surface area contributed by atoms with Gasteiger partial charge in [-0.25, -0.2) is 19.5 Å². The van der Waals surface area contributed by atoms with Gasteiger partial charge in [-0.2, -0.15) is 9.13 Å². The normalized spacial score (nSPS) is 11.4. The lowest BCUT2D eigenvalue weighted by Crippen LogP contribution is -2.32. The molecular formula is C63H76N7+3. The van der Waals surface area contributed by atoms with Crippen molar-refractivity contribution in [1.29, 1.82) is 0 Å². The molecule has 360 valence electrons. The summed E-state index contributed by atoms with van der Waals surface area (Å²) in [6, 6.07) is 24.7. The maximum Gasteiger partial charge on any atom is 0.333 e. The average molecular weight is 931 g/mol. The minimum Gasteiger partial charge on any atom is -0.250 e. The van der Waals surface area contributed by atoms with Gasteiger partial charge in [-0.05, 0) is 184 Å². The Bertz CT molecular complexity index is 3350. The minimum absolute atomic E-state index is 0.455.